The van der Waals surface area contributed by atoms with E-state index in [-0.39, 0.29) is 0 Å². The molecule has 0 radical (unpaired) electrons. The molecule has 1 aromatic rings. The van der Waals surface area contributed by atoms with E-state index in [4.69, 9.17) is 4.74 Å². The molecule has 0 spiro atoms. The van der Waals surface area contributed by atoms with Gasteiger partial charge in [-0.25, -0.2) is 14.2 Å². The molecular weight excluding hydrogens is 330 g/mol. The molecule has 7 nitrogen and oxygen atoms in total. The monoisotopic (exact) mass is 357 g/mol. The molecule has 1 rings (SSSR count). The number of hydrogen-bond donors (Lipinski definition) is 3. The third kappa shape index (κ3) is 8.85. The summed E-state index contributed by atoms with van der Waals surface area (Å²) in [6, 6.07) is 7.38. The van der Waals surface area contributed by atoms with Crippen LogP contribution in [0.15, 0.2) is 24.3 Å². The summed E-state index contributed by atoms with van der Waals surface area (Å²) in [6.45, 7) is 7.88. The van der Waals surface area contributed by atoms with Crippen LogP contribution in [-0.4, -0.2) is 33.2 Å². The second kappa shape index (κ2) is 9.00. The zero-order valence-electron chi connectivity index (χ0n) is 14.7. The second-order valence-corrected chi connectivity index (χ2v) is 7.91. The molecule has 0 saturated heterocycles. The number of ether oxygens (including phenoxy) is 1. The Morgan fingerprint density at radius 2 is 1.75 bits per heavy atom. The van der Waals surface area contributed by atoms with Crippen molar-refractivity contribution in [1.29, 1.82) is 0 Å². The number of carbonyl (C=O) groups is 1. The molecule has 0 fully saturated rings. The summed E-state index contributed by atoms with van der Waals surface area (Å²) in [6.07, 6.45) is 0.929. The van der Waals surface area contributed by atoms with Crippen molar-refractivity contribution in [3.8, 4) is 0 Å². The SMILES string of the molecule is CCNS(=O)(=O)NCCCc1ccc(NC(=O)OC(C)(C)C)cc1. The average molecular weight is 357 g/mol. The van der Waals surface area contributed by atoms with Gasteiger partial charge in [0.15, 0.2) is 0 Å². The Morgan fingerprint density at radius 3 is 2.29 bits per heavy atom. The molecule has 0 saturated carbocycles. The normalized spacial score (nSPS) is 12.0. The Hall–Kier alpha value is -1.64. The Kier molecular flexibility index (Phi) is 7.65. The minimum atomic E-state index is -3.38. The highest BCUT2D eigenvalue weighted by Gasteiger charge is 2.16. The van der Waals surface area contributed by atoms with Crippen LogP contribution in [0.2, 0.25) is 0 Å². The van der Waals surface area contributed by atoms with Crippen LogP contribution >= 0.6 is 0 Å². The van der Waals surface area contributed by atoms with Gasteiger partial charge in [-0.2, -0.15) is 8.42 Å². The highest BCUT2D eigenvalue weighted by Crippen LogP contribution is 2.13. The summed E-state index contributed by atoms with van der Waals surface area (Å²) in [5, 5.41) is 2.67. The Bertz CT molecular complexity index is 622. The van der Waals surface area contributed by atoms with Crippen molar-refractivity contribution >= 4 is 22.0 Å². The van der Waals surface area contributed by atoms with Crippen LogP contribution in [0.4, 0.5) is 10.5 Å². The maximum absolute atomic E-state index is 11.7. The van der Waals surface area contributed by atoms with Crippen LogP contribution in [-0.2, 0) is 21.4 Å². The molecule has 0 unspecified atom stereocenters. The number of carbonyl (C=O) groups excluding carboxylic acids is 1. The third-order valence-corrected chi connectivity index (χ3v) is 4.12. The molecule has 0 aromatic heterocycles. The van der Waals surface area contributed by atoms with E-state index in [0.717, 1.165) is 12.0 Å². The quantitative estimate of drug-likeness (QED) is 0.623. The highest BCUT2D eigenvalue weighted by molar-refractivity contribution is 7.87. The van der Waals surface area contributed by atoms with E-state index in [1.807, 2.05) is 12.1 Å². The molecule has 0 aliphatic carbocycles. The smallest absolute Gasteiger partial charge is 0.412 e. The average Bonchev–Trinajstić information content (AvgIpc) is 2.43. The topological polar surface area (TPSA) is 96.5 Å². The molecule has 1 amide bonds. The maximum Gasteiger partial charge on any atom is 0.412 e. The van der Waals surface area contributed by atoms with Gasteiger partial charge in [-0.3, -0.25) is 5.32 Å². The fourth-order valence-corrected chi connectivity index (χ4v) is 2.81. The predicted molar refractivity (Wildman–Crippen MR) is 95.2 cm³/mol. The second-order valence-electron chi connectivity index (χ2n) is 6.32. The lowest BCUT2D eigenvalue weighted by Crippen LogP contribution is -2.36. The molecule has 24 heavy (non-hydrogen) atoms. The van der Waals surface area contributed by atoms with Crippen molar-refractivity contribution < 1.29 is 17.9 Å². The van der Waals surface area contributed by atoms with E-state index in [0.29, 0.717) is 25.2 Å². The lowest BCUT2D eigenvalue weighted by atomic mass is 10.1. The van der Waals surface area contributed by atoms with Gasteiger partial charge in [0.25, 0.3) is 10.2 Å². The van der Waals surface area contributed by atoms with E-state index in [1.54, 1.807) is 39.8 Å². The van der Waals surface area contributed by atoms with E-state index < -0.39 is 21.9 Å². The summed E-state index contributed by atoms with van der Waals surface area (Å²) in [5.41, 5.74) is 1.18. The zero-order chi connectivity index (χ0) is 18.2. The Morgan fingerprint density at radius 1 is 1.12 bits per heavy atom. The van der Waals surface area contributed by atoms with Gasteiger partial charge in [-0.1, -0.05) is 19.1 Å². The number of rotatable bonds is 8. The minimum absolute atomic E-state index is 0.363. The third-order valence-electron chi connectivity index (χ3n) is 2.87. The fourth-order valence-electron chi connectivity index (χ4n) is 1.92. The van der Waals surface area contributed by atoms with Gasteiger partial charge < -0.3 is 4.74 Å². The van der Waals surface area contributed by atoms with Crippen LogP contribution < -0.4 is 14.8 Å². The molecule has 0 bridgehead atoms. The number of benzene rings is 1. The molecule has 0 atom stereocenters. The van der Waals surface area contributed by atoms with Gasteiger partial charge in [-0.15, -0.1) is 0 Å². The number of amides is 1. The van der Waals surface area contributed by atoms with Gasteiger partial charge in [0, 0.05) is 18.8 Å². The van der Waals surface area contributed by atoms with E-state index >= 15 is 0 Å². The number of hydrogen-bond acceptors (Lipinski definition) is 4. The number of anilines is 1. The summed E-state index contributed by atoms with van der Waals surface area (Å²) in [5.74, 6) is 0. The van der Waals surface area contributed by atoms with Crippen LogP contribution in [0.5, 0.6) is 0 Å². The Balaban J connectivity index is 2.38. The van der Waals surface area contributed by atoms with Crippen LogP contribution in [0.3, 0.4) is 0 Å². The number of nitrogens with one attached hydrogen (secondary N) is 3. The molecule has 0 aliphatic rings. The van der Waals surface area contributed by atoms with Crippen molar-refractivity contribution in [3.05, 3.63) is 29.8 Å². The first kappa shape index (κ1) is 20.4. The predicted octanol–water partition coefficient (Wildman–Crippen LogP) is 2.41. The van der Waals surface area contributed by atoms with Gasteiger partial charge in [-0.05, 0) is 51.3 Å². The molecule has 1 aromatic carbocycles. The first-order valence-electron chi connectivity index (χ1n) is 7.94. The van der Waals surface area contributed by atoms with E-state index in [9.17, 15) is 13.2 Å². The summed E-state index contributed by atoms with van der Waals surface area (Å²) >= 11 is 0. The van der Waals surface area contributed by atoms with Crippen LogP contribution in [0.1, 0.15) is 39.7 Å². The van der Waals surface area contributed by atoms with Gasteiger partial charge in [0.05, 0.1) is 0 Å². The summed E-state index contributed by atoms with van der Waals surface area (Å²) < 4.78 is 32.9. The van der Waals surface area contributed by atoms with Crippen molar-refractivity contribution in [2.75, 3.05) is 18.4 Å². The van der Waals surface area contributed by atoms with E-state index in [1.165, 1.54) is 0 Å². The zero-order valence-corrected chi connectivity index (χ0v) is 15.5. The largest absolute Gasteiger partial charge is 0.444 e. The molecule has 0 aliphatic heterocycles. The standard InChI is InChI=1S/C16H27N3O4S/c1-5-17-24(21,22)18-12-6-7-13-8-10-14(11-9-13)19-15(20)23-16(2,3)4/h8-11,17-18H,5-7,12H2,1-4H3,(H,19,20). The van der Waals surface area contributed by atoms with Crippen molar-refractivity contribution in [2.45, 2.75) is 46.1 Å². The molecule has 8 heteroatoms. The van der Waals surface area contributed by atoms with Crippen LogP contribution in [0.25, 0.3) is 0 Å². The summed E-state index contributed by atoms with van der Waals surface area (Å²) in [7, 11) is -3.38. The van der Waals surface area contributed by atoms with Gasteiger partial charge in [0.1, 0.15) is 5.60 Å². The highest BCUT2D eigenvalue weighted by atomic mass is 32.2. The van der Waals surface area contributed by atoms with Crippen molar-refractivity contribution in [1.82, 2.24) is 9.44 Å². The molecule has 3 N–H and O–H groups in total. The first-order chi connectivity index (χ1) is 11.1. The first-order valence-corrected chi connectivity index (χ1v) is 9.43. The lowest BCUT2D eigenvalue weighted by Gasteiger charge is -2.19. The number of aryl methyl sites for hydroxylation is 1. The Labute approximate surface area is 144 Å². The van der Waals surface area contributed by atoms with E-state index in [2.05, 4.69) is 14.8 Å². The van der Waals surface area contributed by atoms with Crippen molar-refractivity contribution in [3.63, 3.8) is 0 Å². The maximum atomic E-state index is 11.7. The molecule has 136 valence electrons. The fraction of sp³-hybridized carbons (Fsp3) is 0.562. The molecular formula is C16H27N3O4S. The van der Waals surface area contributed by atoms with Gasteiger partial charge in [0.2, 0.25) is 0 Å². The van der Waals surface area contributed by atoms with Crippen LogP contribution in [0, 0.1) is 0 Å². The molecule has 0 heterocycles. The lowest BCUT2D eigenvalue weighted by molar-refractivity contribution is 0.0636. The minimum Gasteiger partial charge on any atom is -0.444 e. The van der Waals surface area contributed by atoms with Gasteiger partial charge >= 0.3 is 6.09 Å². The summed E-state index contributed by atoms with van der Waals surface area (Å²) in [4.78, 5) is 11.7. The van der Waals surface area contributed by atoms with Crippen molar-refractivity contribution in [2.24, 2.45) is 0 Å².